The molecule has 0 saturated carbocycles. The first kappa shape index (κ1) is 17.8. The third-order valence-corrected chi connectivity index (χ3v) is 2.90. The molecule has 1 unspecified atom stereocenters. The van der Waals surface area contributed by atoms with Crippen LogP contribution in [0.2, 0.25) is 0 Å². The number of carbonyl (C=O) groups is 1. The summed E-state index contributed by atoms with van der Waals surface area (Å²) < 4.78 is 14.8. The predicted octanol–water partition coefficient (Wildman–Crippen LogP) is 2.59. The van der Waals surface area contributed by atoms with Crippen molar-refractivity contribution in [3.05, 3.63) is 48.2 Å². The van der Waals surface area contributed by atoms with Crippen molar-refractivity contribution in [2.24, 2.45) is 0 Å². The standard InChI is InChI=1S/C16H22N2O4/c1-5-6-13(11-20-3)8-7-12(2)16-17-14(22-18-16)9-10-15(19)21-4/h5-8,12H,1,9-11H2,2-4H3/b8-7-,13-6+. The third kappa shape index (κ3) is 6.05. The van der Waals surface area contributed by atoms with Gasteiger partial charge in [0, 0.05) is 19.4 Å². The molecule has 22 heavy (non-hydrogen) atoms. The van der Waals surface area contributed by atoms with Crippen molar-refractivity contribution in [1.29, 1.82) is 0 Å². The number of aromatic nitrogens is 2. The van der Waals surface area contributed by atoms with E-state index in [1.807, 2.05) is 25.2 Å². The van der Waals surface area contributed by atoms with Gasteiger partial charge < -0.3 is 14.0 Å². The summed E-state index contributed by atoms with van der Waals surface area (Å²) in [6.07, 6.45) is 8.10. The van der Waals surface area contributed by atoms with Crippen LogP contribution in [0.5, 0.6) is 0 Å². The van der Waals surface area contributed by atoms with Gasteiger partial charge in [0.1, 0.15) is 0 Å². The van der Waals surface area contributed by atoms with Crippen LogP contribution >= 0.6 is 0 Å². The smallest absolute Gasteiger partial charge is 0.306 e. The second-order valence-corrected chi connectivity index (χ2v) is 4.68. The molecule has 0 aromatic carbocycles. The first-order valence-electron chi connectivity index (χ1n) is 6.98. The molecular formula is C16H22N2O4. The van der Waals surface area contributed by atoms with Crippen LogP contribution in [0.25, 0.3) is 0 Å². The van der Waals surface area contributed by atoms with Crippen LogP contribution in [0.4, 0.5) is 0 Å². The van der Waals surface area contributed by atoms with Crippen LogP contribution in [0.3, 0.4) is 0 Å². The Hall–Kier alpha value is -2.21. The highest BCUT2D eigenvalue weighted by atomic mass is 16.5. The number of allylic oxidation sites excluding steroid dienone is 3. The van der Waals surface area contributed by atoms with Gasteiger partial charge in [0.15, 0.2) is 5.82 Å². The molecule has 6 nitrogen and oxygen atoms in total. The number of methoxy groups -OCH3 is 2. The molecule has 0 spiro atoms. The number of hydrogen-bond donors (Lipinski definition) is 0. The molecule has 1 atom stereocenters. The zero-order chi connectivity index (χ0) is 16.4. The van der Waals surface area contributed by atoms with Gasteiger partial charge in [-0.05, 0) is 5.57 Å². The van der Waals surface area contributed by atoms with Crippen LogP contribution in [0.1, 0.15) is 31.0 Å². The quantitative estimate of drug-likeness (QED) is 0.515. The highest BCUT2D eigenvalue weighted by Crippen LogP contribution is 2.15. The molecule has 6 heteroatoms. The van der Waals surface area contributed by atoms with Crippen LogP contribution in [0, 0.1) is 0 Å². The normalized spacial score (nSPS) is 13.3. The fourth-order valence-corrected chi connectivity index (χ4v) is 1.69. The molecule has 0 saturated heterocycles. The number of esters is 1. The summed E-state index contributed by atoms with van der Waals surface area (Å²) in [5, 5.41) is 3.93. The highest BCUT2D eigenvalue weighted by Gasteiger charge is 2.12. The van der Waals surface area contributed by atoms with Crippen molar-refractivity contribution in [3.8, 4) is 0 Å². The molecule has 120 valence electrons. The topological polar surface area (TPSA) is 74.5 Å². The maximum atomic E-state index is 11.1. The number of carbonyl (C=O) groups excluding carboxylic acids is 1. The Morgan fingerprint density at radius 1 is 1.45 bits per heavy atom. The molecular weight excluding hydrogens is 284 g/mol. The zero-order valence-corrected chi connectivity index (χ0v) is 13.2. The maximum absolute atomic E-state index is 11.1. The molecule has 1 aromatic heterocycles. The number of hydrogen-bond acceptors (Lipinski definition) is 6. The number of aryl methyl sites for hydroxylation is 1. The van der Waals surface area contributed by atoms with Gasteiger partial charge in [-0.25, -0.2) is 0 Å². The molecule has 1 rings (SSSR count). The molecule has 1 aromatic rings. The Bertz CT molecular complexity index is 546. The minimum absolute atomic E-state index is 0.0132. The van der Waals surface area contributed by atoms with E-state index in [1.165, 1.54) is 7.11 Å². The molecule has 1 heterocycles. The monoisotopic (exact) mass is 306 g/mol. The van der Waals surface area contributed by atoms with Gasteiger partial charge in [-0.1, -0.05) is 43.0 Å². The SMILES string of the molecule is C=C/C=C(\C=C/C(C)c1noc(CCC(=O)OC)n1)COC. The summed E-state index contributed by atoms with van der Waals surface area (Å²) in [7, 11) is 2.99. The first-order chi connectivity index (χ1) is 10.6. The molecule has 0 aliphatic carbocycles. The summed E-state index contributed by atoms with van der Waals surface area (Å²) in [6, 6.07) is 0. The van der Waals surface area contributed by atoms with E-state index >= 15 is 0 Å². The van der Waals surface area contributed by atoms with E-state index < -0.39 is 0 Å². The molecule has 0 aliphatic rings. The lowest BCUT2D eigenvalue weighted by molar-refractivity contribution is -0.140. The summed E-state index contributed by atoms with van der Waals surface area (Å²) in [5.41, 5.74) is 0.999. The van der Waals surface area contributed by atoms with E-state index in [2.05, 4.69) is 21.5 Å². The number of nitrogens with zero attached hydrogens (tertiary/aromatic N) is 2. The minimum atomic E-state index is -0.300. The Morgan fingerprint density at radius 2 is 2.23 bits per heavy atom. The van der Waals surface area contributed by atoms with E-state index in [1.54, 1.807) is 13.2 Å². The van der Waals surface area contributed by atoms with Gasteiger partial charge in [0.05, 0.1) is 20.1 Å². The van der Waals surface area contributed by atoms with Gasteiger partial charge >= 0.3 is 5.97 Å². The van der Waals surface area contributed by atoms with Crippen LogP contribution in [-0.4, -0.2) is 36.9 Å². The average Bonchev–Trinajstić information content (AvgIpc) is 2.99. The van der Waals surface area contributed by atoms with Gasteiger partial charge in [0.25, 0.3) is 0 Å². The first-order valence-corrected chi connectivity index (χ1v) is 6.98. The minimum Gasteiger partial charge on any atom is -0.469 e. The number of rotatable bonds is 9. The van der Waals surface area contributed by atoms with E-state index in [9.17, 15) is 4.79 Å². The summed E-state index contributed by atoms with van der Waals surface area (Å²) in [5.74, 6) is 0.693. The molecule has 0 N–H and O–H groups in total. The Morgan fingerprint density at radius 3 is 2.86 bits per heavy atom. The summed E-state index contributed by atoms with van der Waals surface area (Å²) >= 11 is 0. The highest BCUT2D eigenvalue weighted by molar-refractivity contribution is 5.69. The van der Waals surface area contributed by atoms with Gasteiger partial charge in [-0.2, -0.15) is 4.98 Å². The molecule has 0 aliphatic heterocycles. The second-order valence-electron chi connectivity index (χ2n) is 4.68. The van der Waals surface area contributed by atoms with Crippen molar-refractivity contribution in [3.63, 3.8) is 0 Å². The largest absolute Gasteiger partial charge is 0.469 e. The molecule has 0 fully saturated rings. The van der Waals surface area contributed by atoms with Gasteiger partial charge in [0.2, 0.25) is 5.89 Å². The van der Waals surface area contributed by atoms with Crippen molar-refractivity contribution in [2.75, 3.05) is 20.8 Å². The van der Waals surface area contributed by atoms with Crippen LogP contribution in [-0.2, 0) is 20.7 Å². The van der Waals surface area contributed by atoms with Gasteiger partial charge in [-0.3, -0.25) is 4.79 Å². The maximum Gasteiger partial charge on any atom is 0.306 e. The predicted molar refractivity (Wildman–Crippen MR) is 82.3 cm³/mol. The molecule has 0 bridgehead atoms. The Labute approximate surface area is 130 Å². The van der Waals surface area contributed by atoms with Crippen molar-refractivity contribution < 1.29 is 18.8 Å². The number of ether oxygens (including phenoxy) is 2. The lowest BCUT2D eigenvalue weighted by Crippen LogP contribution is -2.02. The van der Waals surface area contributed by atoms with Crippen LogP contribution in [0.15, 0.2) is 41.0 Å². The van der Waals surface area contributed by atoms with E-state index in [0.29, 0.717) is 24.7 Å². The lowest BCUT2D eigenvalue weighted by Gasteiger charge is -2.01. The van der Waals surface area contributed by atoms with E-state index in [4.69, 9.17) is 9.26 Å². The lowest BCUT2D eigenvalue weighted by atomic mass is 10.1. The van der Waals surface area contributed by atoms with Crippen molar-refractivity contribution in [1.82, 2.24) is 10.1 Å². The zero-order valence-electron chi connectivity index (χ0n) is 13.2. The Balaban J connectivity index is 2.63. The van der Waals surface area contributed by atoms with E-state index in [0.717, 1.165) is 5.57 Å². The fraction of sp³-hybridized carbons (Fsp3) is 0.438. The second kappa shape index (κ2) is 9.68. The summed E-state index contributed by atoms with van der Waals surface area (Å²) in [4.78, 5) is 15.4. The van der Waals surface area contributed by atoms with Crippen molar-refractivity contribution >= 4 is 5.97 Å². The average molecular weight is 306 g/mol. The van der Waals surface area contributed by atoms with E-state index in [-0.39, 0.29) is 18.3 Å². The molecule has 0 radical (unpaired) electrons. The fourth-order valence-electron chi connectivity index (χ4n) is 1.69. The molecule has 0 amide bonds. The Kier molecular flexibility index (Phi) is 7.85. The third-order valence-electron chi connectivity index (χ3n) is 2.90. The van der Waals surface area contributed by atoms with Crippen molar-refractivity contribution in [2.45, 2.75) is 25.7 Å². The van der Waals surface area contributed by atoms with Crippen LogP contribution < -0.4 is 0 Å². The van der Waals surface area contributed by atoms with Gasteiger partial charge in [-0.15, -0.1) is 0 Å². The summed E-state index contributed by atoms with van der Waals surface area (Å²) in [6.45, 7) is 6.14.